The van der Waals surface area contributed by atoms with E-state index in [1.807, 2.05) is 30.3 Å². The van der Waals surface area contributed by atoms with Crippen molar-refractivity contribution in [2.75, 3.05) is 6.61 Å². The number of nitrogens with zero attached hydrogens (tertiary/aromatic N) is 1. The third kappa shape index (κ3) is 8.71. The molecule has 3 aromatic rings. The lowest BCUT2D eigenvalue weighted by molar-refractivity contribution is 0.0955. The van der Waals surface area contributed by atoms with Gasteiger partial charge in [0, 0.05) is 16.1 Å². The maximum absolute atomic E-state index is 12.3. The minimum atomic E-state index is -0.296. The lowest BCUT2D eigenvalue weighted by atomic mass is 10.1. The Morgan fingerprint density at radius 2 is 1.59 bits per heavy atom. The normalized spacial score (nSPS) is 11.1. The summed E-state index contributed by atoms with van der Waals surface area (Å²) in [6, 6.07) is 18.1. The SMILES string of the molecule is CCCCCCCCCCOc1ccc(C(=O)NN=Cc2ccc(-c3ccc(Cl)cc3)o2)cc1. The molecule has 0 aliphatic heterocycles. The molecule has 0 spiro atoms. The molecule has 0 radical (unpaired) electrons. The molecule has 6 heteroatoms. The quantitative estimate of drug-likeness (QED) is 0.145. The predicted molar refractivity (Wildman–Crippen MR) is 139 cm³/mol. The first-order chi connectivity index (χ1) is 16.7. The van der Waals surface area contributed by atoms with Crippen LogP contribution in [0.5, 0.6) is 5.75 Å². The van der Waals surface area contributed by atoms with Gasteiger partial charge in [-0.25, -0.2) is 5.43 Å². The molecule has 1 heterocycles. The highest BCUT2D eigenvalue weighted by atomic mass is 35.5. The van der Waals surface area contributed by atoms with Crippen LogP contribution in [0.2, 0.25) is 5.02 Å². The first-order valence-corrected chi connectivity index (χ1v) is 12.5. The van der Waals surface area contributed by atoms with Crippen molar-refractivity contribution in [3.63, 3.8) is 0 Å². The van der Waals surface area contributed by atoms with Crippen LogP contribution in [-0.4, -0.2) is 18.7 Å². The Hall–Kier alpha value is -3.05. The highest BCUT2D eigenvalue weighted by molar-refractivity contribution is 6.30. The minimum Gasteiger partial charge on any atom is -0.494 e. The van der Waals surface area contributed by atoms with Gasteiger partial charge in [-0.3, -0.25) is 4.79 Å². The van der Waals surface area contributed by atoms with Gasteiger partial charge in [0.25, 0.3) is 5.91 Å². The van der Waals surface area contributed by atoms with Crippen molar-refractivity contribution in [1.29, 1.82) is 0 Å². The van der Waals surface area contributed by atoms with Gasteiger partial charge in [0.2, 0.25) is 0 Å². The predicted octanol–water partition coefficient (Wildman–Crippen LogP) is 7.88. The Kier molecular flexibility index (Phi) is 10.7. The molecule has 0 unspecified atom stereocenters. The summed E-state index contributed by atoms with van der Waals surface area (Å²) in [6.07, 6.45) is 11.6. The van der Waals surface area contributed by atoms with E-state index in [1.165, 1.54) is 51.2 Å². The number of carbonyl (C=O) groups excluding carboxylic acids is 1. The first-order valence-electron chi connectivity index (χ1n) is 12.1. The number of halogens is 1. The van der Waals surface area contributed by atoms with E-state index in [4.69, 9.17) is 20.8 Å². The third-order valence-corrected chi connectivity index (χ3v) is 5.75. The summed E-state index contributed by atoms with van der Waals surface area (Å²) in [6.45, 7) is 2.94. The highest BCUT2D eigenvalue weighted by Crippen LogP contribution is 2.23. The van der Waals surface area contributed by atoms with Crippen LogP contribution in [-0.2, 0) is 0 Å². The van der Waals surface area contributed by atoms with Gasteiger partial charge in [-0.1, -0.05) is 63.5 Å². The van der Waals surface area contributed by atoms with E-state index in [0.717, 1.165) is 17.7 Å². The average molecular weight is 481 g/mol. The van der Waals surface area contributed by atoms with Crippen LogP contribution in [0.25, 0.3) is 11.3 Å². The van der Waals surface area contributed by atoms with Gasteiger partial charge in [-0.05, 0) is 67.1 Å². The number of carbonyl (C=O) groups is 1. The van der Waals surface area contributed by atoms with Crippen LogP contribution in [0.3, 0.4) is 0 Å². The topological polar surface area (TPSA) is 63.8 Å². The van der Waals surface area contributed by atoms with Crippen molar-refractivity contribution in [2.24, 2.45) is 5.10 Å². The Morgan fingerprint density at radius 3 is 2.29 bits per heavy atom. The van der Waals surface area contributed by atoms with Crippen LogP contribution in [0.4, 0.5) is 0 Å². The smallest absolute Gasteiger partial charge is 0.271 e. The number of furan rings is 1. The maximum atomic E-state index is 12.3. The van der Waals surface area contributed by atoms with Gasteiger partial charge >= 0.3 is 0 Å². The van der Waals surface area contributed by atoms with Crippen LogP contribution >= 0.6 is 11.6 Å². The van der Waals surface area contributed by atoms with E-state index in [1.54, 1.807) is 30.3 Å². The highest BCUT2D eigenvalue weighted by Gasteiger charge is 2.06. The number of hydrogen-bond acceptors (Lipinski definition) is 4. The number of rotatable bonds is 14. The molecule has 0 aliphatic carbocycles. The standard InChI is InChI=1S/C28H33ClN2O3/c1-2-3-4-5-6-7-8-9-20-33-25-16-12-23(13-17-25)28(32)31-30-21-26-18-19-27(34-26)22-10-14-24(29)15-11-22/h10-19,21H,2-9,20H2,1H3,(H,31,32). The molecule has 0 saturated carbocycles. The molecule has 34 heavy (non-hydrogen) atoms. The third-order valence-electron chi connectivity index (χ3n) is 5.50. The van der Waals surface area contributed by atoms with E-state index in [-0.39, 0.29) is 5.91 Å². The summed E-state index contributed by atoms with van der Waals surface area (Å²) >= 11 is 5.92. The zero-order chi connectivity index (χ0) is 24.0. The summed E-state index contributed by atoms with van der Waals surface area (Å²) in [7, 11) is 0. The molecule has 0 bridgehead atoms. The fraction of sp³-hybridized carbons (Fsp3) is 0.357. The monoisotopic (exact) mass is 480 g/mol. The number of amides is 1. The van der Waals surface area contributed by atoms with Crippen LogP contribution in [0.1, 0.15) is 74.4 Å². The largest absolute Gasteiger partial charge is 0.494 e. The van der Waals surface area contributed by atoms with Gasteiger partial charge < -0.3 is 9.15 Å². The summed E-state index contributed by atoms with van der Waals surface area (Å²) in [5, 5.41) is 4.66. The van der Waals surface area contributed by atoms with Crippen molar-refractivity contribution in [2.45, 2.75) is 58.3 Å². The molecule has 0 saturated heterocycles. The lowest BCUT2D eigenvalue weighted by Crippen LogP contribution is -2.17. The molecule has 0 fully saturated rings. The zero-order valence-corrected chi connectivity index (χ0v) is 20.5. The molecular weight excluding hydrogens is 448 g/mol. The Morgan fingerprint density at radius 1 is 0.912 bits per heavy atom. The second-order valence-corrected chi connectivity index (χ2v) is 8.69. The number of unbranched alkanes of at least 4 members (excludes halogenated alkanes) is 7. The summed E-state index contributed by atoms with van der Waals surface area (Å²) in [4.78, 5) is 12.3. The second kappa shape index (κ2) is 14.3. The van der Waals surface area contributed by atoms with E-state index in [9.17, 15) is 4.79 Å². The number of ether oxygens (including phenoxy) is 1. The van der Waals surface area contributed by atoms with Crippen molar-refractivity contribution < 1.29 is 13.9 Å². The van der Waals surface area contributed by atoms with E-state index in [2.05, 4.69) is 17.5 Å². The molecular formula is C28H33ClN2O3. The van der Waals surface area contributed by atoms with Gasteiger partial charge in [0.15, 0.2) is 0 Å². The second-order valence-electron chi connectivity index (χ2n) is 8.26. The molecule has 1 amide bonds. The van der Waals surface area contributed by atoms with Gasteiger partial charge in [-0.15, -0.1) is 0 Å². The summed E-state index contributed by atoms with van der Waals surface area (Å²) < 4.78 is 11.5. The van der Waals surface area contributed by atoms with Gasteiger partial charge in [0.1, 0.15) is 17.3 Å². The van der Waals surface area contributed by atoms with Crippen LogP contribution < -0.4 is 10.2 Å². The first kappa shape index (κ1) is 25.6. The fourth-order valence-electron chi connectivity index (χ4n) is 3.54. The molecule has 0 atom stereocenters. The number of hydrazone groups is 1. The zero-order valence-electron chi connectivity index (χ0n) is 19.8. The maximum Gasteiger partial charge on any atom is 0.271 e. The molecule has 5 nitrogen and oxygen atoms in total. The van der Waals surface area contributed by atoms with Crippen LogP contribution in [0, 0.1) is 0 Å². The lowest BCUT2D eigenvalue weighted by Gasteiger charge is -2.07. The van der Waals surface area contributed by atoms with Crippen molar-refractivity contribution in [1.82, 2.24) is 5.43 Å². The Bertz CT molecular complexity index is 1030. The van der Waals surface area contributed by atoms with Crippen molar-refractivity contribution >= 4 is 23.7 Å². The fourth-order valence-corrected chi connectivity index (χ4v) is 3.67. The summed E-state index contributed by atoms with van der Waals surface area (Å²) in [5.41, 5.74) is 3.95. The van der Waals surface area contributed by atoms with E-state index in [0.29, 0.717) is 28.7 Å². The number of hydrogen-bond donors (Lipinski definition) is 1. The Balaban J connectivity index is 1.36. The Labute approximate surface area is 207 Å². The van der Waals surface area contributed by atoms with Crippen molar-refractivity contribution in [3.8, 4) is 17.1 Å². The molecule has 180 valence electrons. The van der Waals surface area contributed by atoms with Gasteiger partial charge in [-0.2, -0.15) is 5.10 Å². The molecule has 2 aromatic carbocycles. The van der Waals surface area contributed by atoms with Gasteiger partial charge in [0.05, 0.1) is 12.8 Å². The minimum absolute atomic E-state index is 0.296. The van der Waals surface area contributed by atoms with E-state index >= 15 is 0 Å². The van der Waals surface area contributed by atoms with E-state index < -0.39 is 0 Å². The average Bonchev–Trinajstić information content (AvgIpc) is 3.32. The number of nitrogens with one attached hydrogen (secondary N) is 1. The molecule has 3 rings (SSSR count). The molecule has 1 aromatic heterocycles. The van der Waals surface area contributed by atoms with Crippen molar-refractivity contribution in [3.05, 3.63) is 77.0 Å². The number of benzene rings is 2. The molecule has 1 N–H and O–H groups in total. The molecule has 0 aliphatic rings. The summed E-state index contributed by atoms with van der Waals surface area (Å²) in [5.74, 6) is 1.71. The van der Waals surface area contributed by atoms with Crippen LogP contribution in [0.15, 0.2) is 70.2 Å².